The molecule has 0 aromatic carbocycles. The van der Waals surface area contributed by atoms with Crippen LogP contribution < -0.4 is 5.32 Å². The van der Waals surface area contributed by atoms with E-state index in [0.29, 0.717) is 6.42 Å². The summed E-state index contributed by atoms with van der Waals surface area (Å²) in [5.41, 5.74) is 0. The molecule has 424 valence electrons. The van der Waals surface area contributed by atoms with Crippen LogP contribution in [0.4, 0.5) is 0 Å². The number of aliphatic hydroxyl groups excluding tert-OH is 8. The van der Waals surface area contributed by atoms with E-state index >= 15 is 0 Å². The minimum absolute atomic E-state index is 0.252. The van der Waals surface area contributed by atoms with Gasteiger partial charge in [-0.3, -0.25) is 4.79 Å². The number of allylic oxidation sites excluding steroid dienone is 21. The van der Waals surface area contributed by atoms with E-state index in [1.807, 2.05) is 6.08 Å². The van der Waals surface area contributed by atoms with E-state index in [4.69, 9.17) is 18.9 Å². The van der Waals surface area contributed by atoms with Gasteiger partial charge in [-0.2, -0.15) is 0 Å². The summed E-state index contributed by atoms with van der Waals surface area (Å²) in [5.74, 6) is -0.272. The lowest BCUT2D eigenvalue weighted by molar-refractivity contribution is -0.359. The molecule has 0 spiro atoms. The molecule has 12 atom stereocenters. The van der Waals surface area contributed by atoms with Gasteiger partial charge in [0.25, 0.3) is 0 Å². The molecule has 1 amide bonds. The molecule has 12 unspecified atom stereocenters. The van der Waals surface area contributed by atoms with E-state index in [9.17, 15) is 45.6 Å². The molecule has 2 aliphatic rings. The third-order valence-corrected chi connectivity index (χ3v) is 12.6. The third-order valence-electron chi connectivity index (χ3n) is 12.6. The van der Waals surface area contributed by atoms with Crippen molar-refractivity contribution in [2.75, 3.05) is 19.8 Å². The van der Waals surface area contributed by atoms with E-state index in [2.05, 4.69) is 141 Å². The summed E-state index contributed by atoms with van der Waals surface area (Å²) in [5, 5.41) is 86.1. The van der Waals surface area contributed by atoms with Gasteiger partial charge >= 0.3 is 0 Å². The predicted octanol–water partition coefficient (Wildman–Crippen LogP) is 8.82. The largest absolute Gasteiger partial charge is 0.394 e. The Labute approximate surface area is 450 Å². The highest BCUT2D eigenvalue weighted by Gasteiger charge is 2.51. The SMILES string of the molecule is CC/C=C\C/C=C\C/C=C\C/C=C\C/C=C\C/C=C\C/C=C\C/C=C\C/C=C\C/C=C\CCCCCCCCC(=O)NC(COC1OC(CO)C(OC2OC(CO)C(O)C(O)C2O)C(O)C1O)C(O)/C=C/CCCC. The van der Waals surface area contributed by atoms with Crippen molar-refractivity contribution in [3.05, 3.63) is 134 Å². The number of aliphatic hydroxyl groups is 8. The molecule has 0 aromatic rings. The topological polar surface area (TPSA) is 228 Å². The first-order valence-corrected chi connectivity index (χ1v) is 27.9. The van der Waals surface area contributed by atoms with Crippen molar-refractivity contribution >= 4 is 5.91 Å². The summed E-state index contributed by atoms with van der Waals surface area (Å²) < 4.78 is 22.5. The minimum atomic E-state index is -1.79. The number of nitrogens with one attached hydrogen (secondary N) is 1. The van der Waals surface area contributed by atoms with Crippen LogP contribution in [0.15, 0.2) is 134 Å². The number of carbonyl (C=O) groups excluding carboxylic acids is 1. The zero-order valence-corrected chi connectivity index (χ0v) is 45.2. The molecule has 0 saturated carbocycles. The van der Waals surface area contributed by atoms with Gasteiger partial charge in [0.2, 0.25) is 5.91 Å². The molecule has 2 aliphatic heterocycles. The maximum Gasteiger partial charge on any atom is 0.220 e. The van der Waals surface area contributed by atoms with Gasteiger partial charge in [0.05, 0.1) is 32.0 Å². The van der Waals surface area contributed by atoms with Crippen molar-refractivity contribution in [1.82, 2.24) is 5.32 Å². The van der Waals surface area contributed by atoms with Gasteiger partial charge in [0.1, 0.15) is 48.8 Å². The molecule has 75 heavy (non-hydrogen) atoms. The van der Waals surface area contributed by atoms with E-state index in [0.717, 1.165) is 122 Å². The molecule has 14 heteroatoms. The maximum absolute atomic E-state index is 13.1. The first kappa shape index (κ1) is 67.2. The van der Waals surface area contributed by atoms with Crippen LogP contribution in [-0.4, -0.2) is 140 Å². The summed E-state index contributed by atoms with van der Waals surface area (Å²) in [7, 11) is 0. The second-order valence-corrected chi connectivity index (χ2v) is 19.0. The second kappa shape index (κ2) is 45.2. The lowest BCUT2D eigenvalue weighted by Crippen LogP contribution is -2.65. The molecule has 2 saturated heterocycles. The maximum atomic E-state index is 13.1. The van der Waals surface area contributed by atoms with E-state index in [1.54, 1.807) is 6.08 Å². The standard InChI is InChI=1S/C61H97NO13/c1-3-5-7-9-10-11-12-13-14-15-16-17-18-19-20-21-22-23-24-25-26-27-28-29-30-31-32-33-34-35-36-37-38-39-40-41-43-45-53(66)62-49(50(65)44-42-8-6-4-2)48-72-60-58(71)56(69)59(52(47-64)74-60)75-61-57(70)55(68)54(67)51(46-63)73-61/h5,7,10-11,13-14,16-17,19-20,22-23,25-26,28-29,31-32,34-35,42,44,49-52,54-61,63-65,67-71H,3-4,6,8-9,12,15,18,21,24,27,30,33,36-41,43,45-48H2,1-2H3,(H,62,66)/b7-5-,11-10-,14-13-,17-16-,20-19-,23-22-,26-25-,29-28-,32-31-,35-34-,44-42+. The molecule has 2 rings (SSSR count). The summed E-state index contributed by atoms with van der Waals surface area (Å²) in [6.07, 6.45) is 50.2. The molecule has 14 nitrogen and oxygen atoms in total. The highest BCUT2D eigenvalue weighted by atomic mass is 16.7. The van der Waals surface area contributed by atoms with Crippen LogP contribution in [0, 0.1) is 0 Å². The zero-order valence-electron chi connectivity index (χ0n) is 45.2. The molecule has 2 fully saturated rings. The summed E-state index contributed by atoms with van der Waals surface area (Å²) in [6, 6.07) is -0.928. The highest BCUT2D eigenvalue weighted by molar-refractivity contribution is 5.76. The Morgan fingerprint density at radius 2 is 0.920 bits per heavy atom. The van der Waals surface area contributed by atoms with Crippen LogP contribution in [0.1, 0.15) is 149 Å². The normalized spacial score (nSPS) is 26.1. The first-order valence-electron chi connectivity index (χ1n) is 27.9. The third kappa shape index (κ3) is 31.2. The van der Waals surface area contributed by atoms with E-state index < -0.39 is 86.8 Å². The van der Waals surface area contributed by atoms with Crippen molar-refractivity contribution in [1.29, 1.82) is 0 Å². The van der Waals surface area contributed by atoms with Crippen molar-refractivity contribution in [3.63, 3.8) is 0 Å². The molecule has 0 radical (unpaired) electrons. The molecule has 2 heterocycles. The van der Waals surface area contributed by atoms with Gasteiger partial charge in [-0.25, -0.2) is 0 Å². The van der Waals surface area contributed by atoms with Crippen LogP contribution in [0.2, 0.25) is 0 Å². The lowest BCUT2D eigenvalue weighted by atomic mass is 9.97. The number of carbonyl (C=O) groups is 1. The van der Waals surface area contributed by atoms with Crippen LogP contribution in [-0.2, 0) is 23.7 Å². The van der Waals surface area contributed by atoms with E-state index in [1.165, 1.54) is 0 Å². The Morgan fingerprint density at radius 3 is 1.40 bits per heavy atom. The smallest absolute Gasteiger partial charge is 0.220 e. The number of hydrogen-bond acceptors (Lipinski definition) is 13. The molecular formula is C61H97NO13. The van der Waals surface area contributed by atoms with Crippen molar-refractivity contribution in [2.24, 2.45) is 0 Å². The zero-order chi connectivity index (χ0) is 54.6. The molecular weight excluding hydrogens is 955 g/mol. The van der Waals surface area contributed by atoms with E-state index in [-0.39, 0.29) is 18.9 Å². The predicted molar refractivity (Wildman–Crippen MR) is 299 cm³/mol. The average Bonchev–Trinajstić information content (AvgIpc) is 3.41. The summed E-state index contributed by atoms with van der Waals surface area (Å²) in [6.45, 7) is 2.46. The monoisotopic (exact) mass is 1050 g/mol. The number of ether oxygens (including phenoxy) is 4. The van der Waals surface area contributed by atoms with Gasteiger partial charge < -0.3 is 65.1 Å². The van der Waals surface area contributed by atoms with Gasteiger partial charge in [-0.1, -0.05) is 186 Å². The number of unbranched alkanes of at least 4 members (excludes halogenated alkanes) is 8. The molecule has 0 aromatic heterocycles. The number of rotatable bonds is 41. The fourth-order valence-electron chi connectivity index (χ4n) is 8.07. The Kier molecular flexibility index (Phi) is 40.5. The Bertz CT molecular complexity index is 1760. The second-order valence-electron chi connectivity index (χ2n) is 19.0. The molecule has 9 N–H and O–H groups in total. The highest BCUT2D eigenvalue weighted by Crippen LogP contribution is 2.30. The van der Waals surface area contributed by atoms with Crippen LogP contribution >= 0.6 is 0 Å². The number of hydrogen-bond donors (Lipinski definition) is 9. The minimum Gasteiger partial charge on any atom is -0.394 e. The van der Waals surface area contributed by atoms with Gasteiger partial charge in [0.15, 0.2) is 12.6 Å². The summed E-state index contributed by atoms with van der Waals surface area (Å²) in [4.78, 5) is 13.1. The first-order chi connectivity index (χ1) is 36.6. The average molecular weight is 1050 g/mol. The molecule has 0 aliphatic carbocycles. The van der Waals surface area contributed by atoms with Gasteiger partial charge in [-0.05, 0) is 89.9 Å². The number of amides is 1. The van der Waals surface area contributed by atoms with Crippen LogP contribution in [0.3, 0.4) is 0 Å². The van der Waals surface area contributed by atoms with Crippen LogP contribution in [0.25, 0.3) is 0 Å². The lowest BCUT2D eigenvalue weighted by Gasteiger charge is -2.46. The van der Waals surface area contributed by atoms with Gasteiger partial charge in [-0.15, -0.1) is 0 Å². The quantitative estimate of drug-likeness (QED) is 0.0206. The summed E-state index contributed by atoms with van der Waals surface area (Å²) >= 11 is 0. The Hall–Kier alpha value is -3.87. The molecule has 0 bridgehead atoms. The fourth-order valence-corrected chi connectivity index (χ4v) is 8.07. The van der Waals surface area contributed by atoms with Crippen molar-refractivity contribution in [2.45, 2.75) is 222 Å². The Morgan fingerprint density at radius 1 is 0.493 bits per heavy atom. The van der Waals surface area contributed by atoms with Crippen molar-refractivity contribution < 1.29 is 64.6 Å². The van der Waals surface area contributed by atoms with Crippen LogP contribution in [0.5, 0.6) is 0 Å². The fraction of sp³-hybridized carbons (Fsp3) is 0.623. The van der Waals surface area contributed by atoms with Gasteiger partial charge in [0, 0.05) is 6.42 Å². The Balaban J connectivity index is 1.57. The van der Waals surface area contributed by atoms with Crippen molar-refractivity contribution in [3.8, 4) is 0 Å².